The molecule has 2 aliphatic carbocycles. The zero-order valence-electron chi connectivity index (χ0n) is 33.1. The van der Waals surface area contributed by atoms with Gasteiger partial charge >= 0.3 is 18.2 Å². The summed E-state index contributed by atoms with van der Waals surface area (Å²) < 4.78 is 41.9. The Bertz CT molecular complexity index is 2090. The number of benzene rings is 1. The number of nitrogens with one attached hydrogen (secondary N) is 1. The molecule has 1 aromatic carbocycles. The largest absolute Gasteiger partial charge is 0.472 e. The minimum atomic E-state index is -0.958. The van der Waals surface area contributed by atoms with Gasteiger partial charge in [0.05, 0.1) is 43.6 Å². The molecule has 2 aromatic heterocycles. The fourth-order valence-corrected chi connectivity index (χ4v) is 9.58. The van der Waals surface area contributed by atoms with E-state index < -0.39 is 35.8 Å². The van der Waals surface area contributed by atoms with Crippen LogP contribution in [0.25, 0.3) is 22.2 Å². The predicted molar refractivity (Wildman–Crippen MR) is 206 cm³/mol. The molecule has 2 bridgehead atoms. The molecule has 3 saturated heterocycles. The normalized spacial score (nSPS) is 25.3. The van der Waals surface area contributed by atoms with Crippen molar-refractivity contribution in [3.63, 3.8) is 0 Å². The lowest BCUT2D eigenvalue weighted by molar-refractivity contribution is 0.0231. The highest BCUT2D eigenvalue weighted by Gasteiger charge is 2.53. The molecule has 6 heterocycles. The molecular weight excluding hydrogens is 721 g/mol. The number of carbonyl (C=O) groups is 2. The van der Waals surface area contributed by atoms with Gasteiger partial charge in [-0.25, -0.2) is 19.0 Å². The third kappa shape index (κ3) is 6.63. The van der Waals surface area contributed by atoms with E-state index in [1.165, 1.54) is 0 Å². The summed E-state index contributed by atoms with van der Waals surface area (Å²) in [5.41, 5.74) is 2.97. The van der Waals surface area contributed by atoms with Crippen LogP contribution in [0.3, 0.4) is 0 Å². The van der Waals surface area contributed by atoms with Crippen molar-refractivity contribution in [2.75, 3.05) is 56.2 Å². The Kier molecular flexibility index (Phi) is 8.99. The van der Waals surface area contributed by atoms with E-state index in [9.17, 15) is 14.7 Å². The van der Waals surface area contributed by atoms with Crippen LogP contribution in [0.15, 0.2) is 6.07 Å². The lowest BCUT2D eigenvalue weighted by atomic mass is 9.92. The van der Waals surface area contributed by atoms with E-state index in [1.54, 1.807) is 4.90 Å². The summed E-state index contributed by atoms with van der Waals surface area (Å²) in [6.07, 6.45) is 3.34. The molecule has 15 heteroatoms. The van der Waals surface area contributed by atoms with E-state index in [1.807, 2.05) is 47.6 Å². The SMILES string of the molecule is Cc1cc(-c2nc3c4c(nc(OCC5(CN6CCOCC6)CC5)nc4c2F)N2CC4CCC(C2C(C)O3)N4C(=O)O)c(C)c(NC(=O)OC(C)(C)C)c1C1CC1. The summed E-state index contributed by atoms with van der Waals surface area (Å²) in [6, 6.07) is 0.998. The molecule has 0 radical (unpaired) electrons. The first kappa shape index (κ1) is 37.1. The molecule has 3 aromatic rings. The summed E-state index contributed by atoms with van der Waals surface area (Å²) in [7, 11) is 0. The molecule has 14 nitrogen and oxygen atoms in total. The number of piperazine rings is 1. The lowest BCUT2D eigenvalue weighted by Gasteiger charge is -2.47. The Morgan fingerprint density at radius 3 is 2.52 bits per heavy atom. The number of hydrogen-bond acceptors (Lipinski definition) is 11. The van der Waals surface area contributed by atoms with Gasteiger partial charge in [-0.2, -0.15) is 9.97 Å². The van der Waals surface area contributed by atoms with Crippen molar-refractivity contribution in [3.8, 4) is 23.1 Å². The highest BCUT2D eigenvalue weighted by atomic mass is 19.1. The highest BCUT2D eigenvalue weighted by Crippen LogP contribution is 2.51. The summed E-state index contributed by atoms with van der Waals surface area (Å²) in [5.74, 6) is 0.241. The molecule has 4 unspecified atom stereocenters. The first-order valence-corrected chi connectivity index (χ1v) is 20.1. The van der Waals surface area contributed by atoms with Crippen LogP contribution in [0.1, 0.15) is 88.8 Å². The van der Waals surface area contributed by atoms with Crippen LogP contribution in [0, 0.1) is 25.1 Å². The average molecular weight is 774 g/mol. The van der Waals surface area contributed by atoms with Gasteiger partial charge in [0.15, 0.2) is 5.82 Å². The number of fused-ring (bicyclic) bond motifs is 5. The first-order chi connectivity index (χ1) is 26.7. The predicted octanol–water partition coefficient (Wildman–Crippen LogP) is 6.64. The van der Waals surface area contributed by atoms with Crippen molar-refractivity contribution >= 4 is 34.6 Å². The monoisotopic (exact) mass is 773 g/mol. The number of amides is 2. The number of morpholine rings is 1. The van der Waals surface area contributed by atoms with Crippen LogP contribution in [0.5, 0.6) is 11.9 Å². The van der Waals surface area contributed by atoms with Crippen LogP contribution in [0.2, 0.25) is 0 Å². The minimum Gasteiger partial charge on any atom is -0.472 e. The summed E-state index contributed by atoms with van der Waals surface area (Å²) in [6.45, 7) is 16.0. The van der Waals surface area contributed by atoms with Gasteiger partial charge in [-0.15, -0.1) is 0 Å². The van der Waals surface area contributed by atoms with Crippen LogP contribution < -0.4 is 19.7 Å². The van der Waals surface area contributed by atoms with Gasteiger partial charge in [-0.3, -0.25) is 15.1 Å². The molecule has 2 amide bonds. The standard InChI is InChI=1S/C41H52FN7O7/c1-21-17-26(22(2)31(28(21)24-7-8-24)45-38(50)56-40(4,5)6)32-30(42)33-29-35(46-37(44-33)54-20-41(11-12-41)19-47-13-15-53-16-14-47)48-18-25-9-10-27(49(25)39(51)52)34(48)23(3)55-36(29)43-32/h17,23-25,27,34H,7-16,18-20H2,1-6H3,(H,45,50)(H,51,52). The quantitative estimate of drug-likeness (QED) is 0.252. The van der Waals surface area contributed by atoms with Gasteiger partial charge in [0, 0.05) is 37.2 Å². The number of aryl methyl sites for hydroxylation is 1. The van der Waals surface area contributed by atoms with Crippen molar-refractivity contribution in [2.24, 2.45) is 5.41 Å². The van der Waals surface area contributed by atoms with Gasteiger partial charge < -0.3 is 29.0 Å². The minimum absolute atomic E-state index is 0.0221. The maximum atomic E-state index is 17.5. The number of carbonyl (C=O) groups excluding carboxylic acids is 1. The van der Waals surface area contributed by atoms with E-state index in [-0.39, 0.29) is 46.5 Å². The van der Waals surface area contributed by atoms with Crippen molar-refractivity contribution in [3.05, 3.63) is 28.6 Å². The second-order valence-electron chi connectivity index (χ2n) is 17.8. The third-order valence-electron chi connectivity index (χ3n) is 12.5. The van der Waals surface area contributed by atoms with Gasteiger partial charge in [0.2, 0.25) is 5.88 Å². The maximum Gasteiger partial charge on any atom is 0.412 e. The molecular formula is C41H52FN7O7. The molecule has 300 valence electrons. The number of carboxylic acid groups (broad SMARTS) is 1. The number of pyridine rings is 1. The molecule has 6 aliphatic rings. The Hall–Kier alpha value is -4.50. The Morgan fingerprint density at radius 1 is 1.09 bits per heavy atom. The molecule has 56 heavy (non-hydrogen) atoms. The van der Waals surface area contributed by atoms with E-state index in [0.717, 1.165) is 56.4 Å². The maximum absolute atomic E-state index is 17.5. The van der Waals surface area contributed by atoms with Gasteiger partial charge in [-0.1, -0.05) is 0 Å². The number of nitrogens with zero attached hydrogens (tertiary/aromatic N) is 6. The number of halogens is 1. The van der Waals surface area contributed by atoms with E-state index in [2.05, 4.69) is 15.1 Å². The number of rotatable bonds is 8. The van der Waals surface area contributed by atoms with Crippen molar-refractivity contribution in [1.82, 2.24) is 24.8 Å². The lowest BCUT2D eigenvalue weighted by Crippen LogP contribution is -2.64. The van der Waals surface area contributed by atoms with Gasteiger partial charge in [0.25, 0.3) is 0 Å². The zero-order valence-corrected chi connectivity index (χ0v) is 33.1. The number of anilines is 2. The van der Waals surface area contributed by atoms with Crippen LogP contribution in [-0.2, 0) is 9.47 Å². The van der Waals surface area contributed by atoms with Gasteiger partial charge in [0.1, 0.15) is 34.1 Å². The zero-order chi connectivity index (χ0) is 39.3. The molecule has 5 fully saturated rings. The van der Waals surface area contributed by atoms with Crippen molar-refractivity contribution in [1.29, 1.82) is 0 Å². The Morgan fingerprint density at radius 2 is 1.84 bits per heavy atom. The first-order valence-electron chi connectivity index (χ1n) is 20.1. The van der Waals surface area contributed by atoms with Crippen molar-refractivity contribution < 1.29 is 38.0 Å². The molecule has 4 atom stereocenters. The smallest absolute Gasteiger partial charge is 0.412 e. The van der Waals surface area contributed by atoms with Gasteiger partial charge in [-0.05, 0) is 109 Å². The van der Waals surface area contributed by atoms with Crippen molar-refractivity contribution in [2.45, 2.75) is 116 Å². The second-order valence-corrected chi connectivity index (χ2v) is 17.8. The summed E-state index contributed by atoms with van der Waals surface area (Å²) >= 11 is 0. The third-order valence-corrected chi connectivity index (χ3v) is 12.5. The fraction of sp³-hybridized carbons (Fsp3) is 0.634. The molecule has 0 spiro atoms. The number of aromatic nitrogens is 3. The van der Waals surface area contributed by atoms with E-state index >= 15 is 4.39 Å². The summed E-state index contributed by atoms with van der Waals surface area (Å²) in [4.78, 5) is 46.5. The molecule has 9 rings (SSSR count). The van der Waals surface area contributed by atoms with Crippen LogP contribution in [0.4, 0.5) is 25.5 Å². The van der Waals surface area contributed by atoms with Crippen LogP contribution in [-0.4, -0.2) is 118 Å². The molecule has 4 aliphatic heterocycles. The molecule has 2 N–H and O–H groups in total. The second kappa shape index (κ2) is 13.6. The summed E-state index contributed by atoms with van der Waals surface area (Å²) in [5, 5.41) is 13.6. The van der Waals surface area contributed by atoms with Crippen LogP contribution >= 0.6 is 0 Å². The topological polar surface area (TPSA) is 152 Å². The number of hydrogen-bond donors (Lipinski definition) is 2. The molecule has 2 saturated carbocycles. The Labute approximate surface area is 326 Å². The number of ether oxygens (including phenoxy) is 4. The highest BCUT2D eigenvalue weighted by molar-refractivity contribution is 5.98. The Balaban J connectivity index is 1.16. The fourth-order valence-electron chi connectivity index (χ4n) is 9.58. The average Bonchev–Trinajstić information content (AvgIpc) is 4.08. The van der Waals surface area contributed by atoms with E-state index in [0.29, 0.717) is 67.2 Å². The van der Waals surface area contributed by atoms with E-state index in [4.69, 9.17) is 33.9 Å².